The van der Waals surface area contributed by atoms with Crippen molar-refractivity contribution in [1.29, 1.82) is 0 Å². The van der Waals surface area contributed by atoms with E-state index in [2.05, 4.69) is 17.6 Å². The number of para-hydroxylation sites is 1. The van der Waals surface area contributed by atoms with Crippen LogP contribution in [0.1, 0.15) is 24.5 Å². The van der Waals surface area contributed by atoms with Gasteiger partial charge in [0.15, 0.2) is 11.5 Å². The predicted octanol–water partition coefficient (Wildman–Crippen LogP) is 4.67. The molecular weight excluding hydrogens is 371 g/mol. The summed E-state index contributed by atoms with van der Waals surface area (Å²) in [5.41, 5.74) is 1.93. The van der Waals surface area contributed by atoms with Crippen molar-refractivity contribution >= 4 is 23.2 Å². The minimum absolute atomic E-state index is 0.351. The van der Waals surface area contributed by atoms with Crippen molar-refractivity contribution in [3.8, 4) is 11.5 Å². The van der Waals surface area contributed by atoms with Gasteiger partial charge in [0.05, 0.1) is 7.11 Å². The summed E-state index contributed by atoms with van der Waals surface area (Å²) in [6.45, 7) is 6.13. The van der Waals surface area contributed by atoms with Crippen molar-refractivity contribution < 1.29 is 9.47 Å². The fraction of sp³-hybridized carbons (Fsp3) is 0.400. The number of rotatable bonds is 11. The third kappa shape index (κ3) is 6.36. The summed E-state index contributed by atoms with van der Waals surface area (Å²) in [7, 11) is 1.64. The lowest BCUT2D eigenvalue weighted by molar-refractivity contribution is 0.280. The molecule has 26 heavy (non-hydrogen) atoms. The van der Waals surface area contributed by atoms with Gasteiger partial charge in [-0.2, -0.15) is 0 Å². The molecule has 0 atom stereocenters. The molecule has 0 spiro atoms. The molecule has 4 nitrogen and oxygen atoms in total. The van der Waals surface area contributed by atoms with E-state index in [0.717, 1.165) is 42.9 Å². The van der Waals surface area contributed by atoms with Crippen LogP contribution in [0.15, 0.2) is 36.4 Å². The lowest BCUT2D eigenvalue weighted by Gasteiger charge is -2.16. The smallest absolute Gasteiger partial charge is 0.166 e. The van der Waals surface area contributed by atoms with Crippen molar-refractivity contribution in [3.05, 3.63) is 57.6 Å². The lowest BCUT2D eigenvalue weighted by atomic mass is 10.1. The van der Waals surface area contributed by atoms with Crippen LogP contribution in [0, 0.1) is 0 Å². The van der Waals surface area contributed by atoms with E-state index in [-0.39, 0.29) is 0 Å². The summed E-state index contributed by atoms with van der Waals surface area (Å²) in [5, 5.41) is 7.97. The quantitative estimate of drug-likeness (QED) is 0.541. The second-order valence-corrected chi connectivity index (χ2v) is 6.70. The molecule has 0 unspecified atom stereocenters. The molecule has 2 aromatic rings. The molecule has 0 aromatic heterocycles. The Kier molecular flexibility index (Phi) is 9.06. The SMILES string of the molecule is CCNCCCNCc1cccc(OC)c1OCc1ccc(Cl)cc1Cl. The van der Waals surface area contributed by atoms with Gasteiger partial charge < -0.3 is 20.1 Å². The van der Waals surface area contributed by atoms with Crippen LogP contribution in [-0.2, 0) is 13.2 Å². The first-order chi connectivity index (χ1) is 12.7. The number of halogens is 2. The zero-order chi connectivity index (χ0) is 18.8. The number of nitrogens with one attached hydrogen (secondary N) is 2. The Hall–Kier alpha value is -1.46. The van der Waals surface area contributed by atoms with Crippen LogP contribution in [0.4, 0.5) is 0 Å². The van der Waals surface area contributed by atoms with Crippen LogP contribution < -0.4 is 20.1 Å². The van der Waals surface area contributed by atoms with Gasteiger partial charge in [0, 0.05) is 27.7 Å². The number of methoxy groups -OCH3 is 1. The molecule has 0 aliphatic rings. The Morgan fingerprint density at radius 2 is 1.81 bits per heavy atom. The maximum atomic E-state index is 6.24. The molecule has 0 saturated carbocycles. The second kappa shape index (κ2) is 11.3. The molecule has 142 valence electrons. The number of hydrogen-bond donors (Lipinski definition) is 2. The van der Waals surface area contributed by atoms with Crippen molar-refractivity contribution in [2.75, 3.05) is 26.7 Å². The molecule has 0 fully saturated rings. The van der Waals surface area contributed by atoms with Crippen molar-refractivity contribution in [1.82, 2.24) is 10.6 Å². The molecule has 2 rings (SSSR count). The highest BCUT2D eigenvalue weighted by Crippen LogP contribution is 2.32. The second-order valence-electron chi connectivity index (χ2n) is 5.86. The van der Waals surface area contributed by atoms with Crippen LogP contribution in [0.2, 0.25) is 10.0 Å². The van der Waals surface area contributed by atoms with E-state index < -0.39 is 0 Å². The summed E-state index contributed by atoms with van der Waals surface area (Å²) < 4.78 is 11.5. The van der Waals surface area contributed by atoms with E-state index in [4.69, 9.17) is 32.7 Å². The van der Waals surface area contributed by atoms with Gasteiger partial charge in [-0.3, -0.25) is 0 Å². The van der Waals surface area contributed by atoms with Crippen LogP contribution in [-0.4, -0.2) is 26.7 Å². The number of hydrogen-bond acceptors (Lipinski definition) is 4. The van der Waals surface area contributed by atoms with Gasteiger partial charge in [-0.15, -0.1) is 0 Å². The molecule has 0 bridgehead atoms. The first-order valence-electron chi connectivity index (χ1n) is 8.79. The molecule has 0 aliphatic carbocycles. The molecule has 6 heteroatoms. The predicted molar refractivity (Wildman–Crippen MR) is 109 cm³/mol. The summed E-state index contributed by atoms with van der Waals surface area (Å²) in [5.74, 6) is 1.45. The highest BCUT2D eigenvalue weighted by Gasteiger charge is 2.12. The van der Waals surface area contributed by atoms with Gasteiger partial charge in [-0.25, -0.2) is 0 Å². The highest BCUT2D eigenvalue weighted by molar-refractivity contribution is 6.35. The molecule has 0 radical (unpaired) electrons. The van der Waals surface area contributed by atoms with E-state index in [1.165, 1.54) is 0 Å². The standard InChI is InChI=1S/C20H26Cl2N2O2/c1-3-23-10-5-11-24-13-15-6-4-7-19(25-2)20(15)26-14-16-8-9-17(21)12-18(16)22/h4,6-9,12,23-24H,3,5,10-11,13-14H2,1-2H3. The minimum Gasteiger partial charge on any atom is -0.493 e. The fourth-order valence-corrected chi connectivity index (χ4v) is 3.01. The van der Waals surface area contributed by atoms with E-state index >= 15 is 0 Å². The highest BCUT2D eigenvalue weighted by atomic mass is 35.5. The Balaban J connectivity index is 2.01. The normalized spacial score (nSPS) is 10.8. The summed E-state index contributed by atoms with van der Waals surface area (Å²) in [6, 6.07) is 11.3. The first kappa shape index (κ1) is 20.8. The van der Waals surface area contributed by atoms with Crippen molar-refractivity contribution in [2.45, 2.75) is 26.5 Å². The van der Waals surface area contributed by atoms with Crippen LogP contribution in [0.25, 0.3) is 0 Å². The topological polar surface area (TPSA) is 42.5 Å². The molecular formula is C20H26Cl2N2O2. The third-order valence-corrected chi connectivity index (χ3v) is 4.53. The lowest BCUT2D eigenvalue weighted by Crippen LogP contribution is -2.21. The van der Waals surface area contributed by atoms with E-state index in [1.54, 1.807) is 19.2 Å². The summed E-state index contributed by atoms with van der Waals surface area (Å²) in [4.78, 5) is 0. The maximum absolute atomic E-state index is 6.24. The largest absolute Gasteiger partial charge is 0.493 e. The Morgan fingerprint density at radius 1 is 1.00 bits per heavy atom. The molecule has 2 N–H and O–H groups in total. The average Bonchev–Trinajstić information content (AvgIpc) is 2.64. The number of ether oxygens (including phenoxy) is 2. The molecule has 0 amide bonds. The van der Waals surface area contributed by atoms with Crippen LogP contribution in [0.5, 0.6) is 11.5 Å². The first-order valence-corrected chi connectivity index (χ1v) is 9.55. The van der Waals surface area contributed by atoms with E-state index in [1.807, 2.05) is 24.3 Å². The van der Waals surface area contributed by atoms with Crippen LogP contribution in [0.3, 0.4) is 0 Å². The molecule has 0 saturated heterocycles. The van der Waals surface area contributed by atoms with Gasteiger partial charge >= 0.3 is 0 Å². The van der Waals surface area contributed by atoms with Crippen molar-refractivity contribution in [3.63, 3.8) is 0 Å². The van der Waals surface area contributed by atoms with Crippen molar-refractivity contribution in [2.24, 2.45) is 0 Å². The average molecular weight is 397 g/mol. The zero-order valence-electron chi connectivity index (χ0n) is 15.3. The third-order valence-electron chi connectivity index (χ3n) is 3.94. The molecule has 2 aromatic carbocycles. The minimum atomic E-state index is 0.351. The summed E-state index contributed by atoms with van der Waals surface area (Å²) >= 11 is 12.2. The van der Waals surface area contributed by atoms with E-state index in [9.17, 15) is 0 Å². The number of benzene rings is 2. The van der Waals surface area contributed by atoms with Gasteiger partial charge in [0.2, 0.25) is 0 Å². The Morgan fingerprint density at radius 3 is 2.54 bits per heavy atom. The Labute approximate surface area is 165 Å². The van der Waals surface area contributed by atoms with Gasteiger partial charge in [-0.05, 0) is 44.3 Å². The van der Waals surface area contributed by atoms with Gasteiger partial charge in [0.1, 0.15) is 6.61 Å². The Bertz CT molecular complexity index is 696. The van der Waals surface area contributed by atoms with E-state index in [0.29, 0.717) is 28.9 Å². The maximum Gasteiger partial charge on any atom is 0.166 e. The zero-order valence-corrected chi connectivity index (χ0v) is 16.8. The monoisotopic (exact) mass is 396 g/mol. The van der Waals surface area contributed by atoms with Crippen LogP contribution >= 0.6 is 23.2 Å². The molecule has 0 heterocycles. The van der Waals surface area contributed by atoms with Gasteiger partial charge in [0.25, 0.3) is 0 Å². The van der Waals surface area contributed by atoms with Gasteiger partial charge in [-0.1, -0.05) is 48.3 Å². The summed E-state index contributed by atoms with van der Waals surface area (Å²) in [6.07, 6.45) is 1.08. The fourth-order valence-electron chi connectivity index (χ4n) is 2.55. The molecule has 0 aliphatic heterocycles.